The normalized spacial score (nSPS) is 11.9. The van der Waals surface area contributed by atoms with Crippen molar-refractivity contribution in [2.75, 3.05) is 0 Å². The van der Waals surface area contributed by atoms with Gasteiger partial charge in [-0.2, -0.15) is 0 Å². The molecular formula is C42H25N3S. The molecule has 46 heavy (non-hydrogen) atoms. The van der Waals surface area contributed by atoms with Gasteiger partial charge in [0.05, 0.1) is 27.8 Å². The molecule has 0 saturated carbocycles. The van der Waals surface area contributed by atoms with E-state index < -0.39 is 0 Å². The minimum Gasteiger partial charge on any atom is -0.308 e. The molecule has 0 aliphatic heterocycles. The zero-order chi connectivity index (χ0) is 30.2. The summed E-state index contributed by atoms with van der Waals surface area (Å²) < 4.78 is 5.08. The van der Waals surface area contributed by atoms with Crippen LogP contribution in [0.5, 0.6) is 0 Å². The third-order valence-corrected chi connectivity index (χ3v) is 10.5. The van der Waals surface area contributed by atoms with Crippen LogP contribution < -0.4 is 0 Å². The SMILES string of the molecule is c1ccc(-c2cc3nccnc3cc2-n2c3cc(-c4cccc5c4sc4ccccc45)ccc3c3c4ccccc4ccc32)cc1. The van der Waals surface area contributed by atoms with Crippen molar-refractivity contribution in [3.05, 3.63) is 152 Å². The van der Waals surface area contributed by atoms with Gasteiger partial charge in [0.15, 0.2) is 0 Å². The van der Waals surface area contributed by atoms with E-state index in [-0.39, 0.29) is 0 Å². The Morgan fingerprint density at radius 1 is 0.478 bits per heavy atom. The summed E-state index contributed by atoms with van der Waals surface area (Å²) in [5.74, 6) is 0. The van der Waals surface area contributed by atoms with E-state index in [0.717, 1.165) is 27.8 Å². The van der Waals surface area contributed by atoms with E-state index in [1.165, 1.54) is 63.9 Å². The average molecular weight is 604 g/mol. The summed E-state index contributed by atoms with van der Waals surface area (Å²) >= 11 is 1.88. The minimum atomic E-state index is 0.874. The van der Waals surface area contributed by atoms with Crippen LogP contribution in [-0.4, -0.2) is 14.5 Å². The van der Waals surface area contributed by atoms with Crippen LogP contribution in [0.3, 0.4) is 0 Å². The molecule has 0 N–H and O–H groups in total. The van der Waals surface area contributed by atoms with Crippen molar-refractivity contribution >= 4 is 75.1 Å². The summed E-state index contributed by atoms with van der Waals surface area (Å²) in [5.41, 5.74) is 9.92. The monoisotopic (exact) mass is 603 g/mol. The predicted molar refractivity (Wildman–Crippen MR) is 195 cm³/mol. The molecule has 0 atom stereocenters. The Morgan fingerprint density at radius 2 is 1.24 bits per heavy atom. The second-order valence-electron chi connectivity index (χ2n) is 11.8. The maximum absolute atomic E-state index is 4.74. The van der Waals surface area contributed by atoms with Gasteiger partial charge >= 0.3 is 0 Å². The number of fused-ring (bicyclic) bond motifs is 9. The molecule has 0 aliphatic carbocycles. The van der Waals surface area contributed by atoms with Crippen molar-refractivity contribution < 1.29 is 0 Å². The van der Waals surface area contributed by atoms with Gasteiger partial charge in [0.1, 0.15) is 0 Å². The van der Waals surface area contributed by atoms with E-state index >= 15 is 0 Å². The summed E-state index contributed by atoms with van der Waals surface area (Å²) in [6.07, 6.45) is 3.54. The lowest BCUT2D eigenvalue weighted by atomic mass is 9.99. The lowest BCUT2D eigenvalue weighted by Crippen LogP contribution is -1.99. The molecule has 3 aromatic heterocycles. The molecule has 7 aromatic carbocycles. The molecule has 0 fully saturated rings. The fourth-order valence-corrected chi connectivity index (χ4v) is 8.46. The summed E-state index contributed by atoms with van der Waals surface area (Å²) in [7, 11) is 0. The molecule has 0 unspecified atom stereocenters. The topological polar surface area (TPSA) is 30.7 Å². The zero-order valence-corrected chi connectivity index (χ0v) is 25.5. The highest BCUT2D eigenvalue weighted by molar-refractivity contribution is 7.26. The Morgan fingerprint density at radius 3 is 2.13 bits per heavy atom. The van der Waals surface area contributed by atoms with Crippen molar-refractivity contribution in [3.8, 4) is 27.9 Å². The highest BCUT2D eigenvalue weighted by atomic mass is 32.1. The molecule has 214 valence electrons. The standard InChI is InChI=1S/C42H25N3S/c1-2-9-26(10-3-1)34-24-35-36(44-22-21-43-35)25-39(34)45-37-20-18-27-11-4-5-12-29(27)41(37)33-19-17-28(23-38(33)45)30-14-8-15-32-31-13-6-7-16-40(31)46-42(30)32/h1-25H. The van der Waals surface area contributed by atoms with Crippen LogP contribution in [0.25, 0.3) is 91.7 Å². The van der Waals surface area contributed by atoms with E-state index in [4.69, 9.17) is 4.98 Å². The summed E-state index contributed by atoms with van der Waals surface area (Å²) in [4.78, 5) is 9.43. The van der Waals surface area contributed by atoms with Gasteiger partial charge in [-0.05, 0) is 57.8 Å². The number of hydrogen-bond donors (Lipinski definition) is 0. The average Bonchev–Trinajstić information content (AvgIpc) is 3.67. The summed E-state index contributed by atoms with van der Waals surface area (Å²) in [6.45, 7) is 0. The van der Waals surface area contributed by atoms with Gasteiger partial charge in [0.2, 0.25) is 0 Å². The number of hydrogen-bond acceptors (Lipinski definition) is 3. The predicted octanol–water partition coefficient (Wildman–Crippen LogP) is 11.6. The second kappa shape index (κ2) is 9.83. The smallest absolute Gasteiger partial charge is 0.0908 e. The second-order valence-corrected chi connectivity index (χ2v) is 12.9. The van der Waals surface area contributed by atoms with E-state index in [1.54, 1.807) is 12.4 Å². The van der Waals surface area contributed by atoms with Gasteiger partial charge in [-0.3, -0.25) is 9.97 Å². The van der Waals surface area contributed by atoms with Crippen molar-refractivity contribution in [3.63, 3.8) is 0 Å². The van der Waals surface area contributed by atoms with Crippen LogP contribution in [0.2, 0.25) is 0 Å². The third-order valence-electron chi connectivity index (χ3n) is 9.28. The quantitative estimate of drug-likeness (QED) is 0.201. The van der Waals surface area contributed by atoms with E-state index in [0.29, 0.717) is 0 Å². The zero-order valence-electron chi connectivity index (χ0n) is 24.7. The van der Waals surface area contributed by atoms with E-state index in [9.17, 15) is 0 Å². The van der Waals surface area contributed by atoms with Gasteiger partial charge < -0.3 is 4.57 Å². The van der Waals surface area contributed by atoms with Crippen molar-refractivity contribution in [1.29, 1.82) is 0 Å². The Labute approximate surface area is 268 Å². The molecule has 4 heteroatoms. The number of benzene rings is 7. The molecule has 0 spiro atoms. The molecule has 3 nitrogen and oxygen atoms in total. The first kappa shape index (κ1) is 25.5. The van der Waals surface area contributed by atoms with Crippen LogP contribution in [0, 0.1) is 0 Å². The van der Waals surface area contributed by atoms with Crippen molar-refractivity contribution in [2.45, 2.75) is 0 Å². The minimum absolute atomic E-state index is 0.874. The molecule has 0 aliphatic rings. The van der Waals surface area contributed by atoms with Crippen LogP contribution in [0.4, 0.5) is 0 Å². The highest BCUT2D eigenvalue weighted by Gasteiger charge is 2.20. The Hall–Kier alpha value is -5.84. The number of nitrogens with zero attached hydrogens (tertiary/aromatic N) is 3. The van der Waals surface area contributed by atoms with Crippen LogP contribution in [0.1, 0.15) is 0 Å². The molecule has 0 saturated heterocycles. The van der Waals surface area contributed by atoms with Gasteiger partial charge in [-0.25, -0.2) is 0 Å². The molecule has 3 heterocycles. The largest absolute Gasteiger partial charge is 0.308 e. The first-order valence-corrected chi connectivity index (χ1v) is 16.3. The number of rotatable bonds is 3. The van der Waals surface area contributed by atoms with Crippen LogP contribution >= 0.6 is 11.3 Å². The Kier molecular flexibility index (Phi) is 5.45. The fraction of sp³-hybridized carbons (Fsp3) is 0. The van der Waals surface area contributed by atoms with Gasteiger partial charge in [0.25, 0.3) is 0 Å². The molecule has 10 rings (SSSR count). The first-order chi connectivity index (χ1) is 22.8. The molecule has 0 bridgehead atoms. The van der Waals surface area contributed by atoms with E-state index in [2.05, 4.69) is 149 Å². The summed E-state index contributed by atoms with van der Waals surface area (Å²) in [6, 6.07) is 50.7. The van der Waals surface area contributed by atoms with Gasteiger partial charge in [-0.15, -0.1) is 11.3 Å². The third kappa shape index (κ3) is 3.71. The number of aromatic nitrogens is 3. The number of thiophene rings is 1. The summed E-state index contributed by atoms with van der Waals surface area (Å²) in [5, 5.41) is 7.61. The van der Waals surface area contributed by atoms with Crippen molar-refractivity contribution in [2.24, 2.45) is 0 Å². The highest BCUT2D eigenvalue weighted by Crippen LogP contribution is 2.44. The van der Waals surface area contributed by atoms with E-state index in [1.807, 2.05) is 11.3 Å². The molecular weight excluding hydrogens is 579 g/mol. The Bertz CT molecular complexity index is 2810. The maximum Gasteiger partial charge on any atom is 0.0908 e. The van der Waals surface area contributed by atoms with Gasteiger partial charge in [0, 0.05) is 48.9 Å². The van der Waals surface area contributed by atoms with Crippen LogP contribution in [-0.2, 0) is 0 Å². The molecule has 0 amide bonds. The van der Waals surface area contributed by atoms with Gasteiger partial charge in [-0.1, -0.05) is 109 Å². The maximum atomic E-state index is 4.74. The van der Waals surface area contributed by atoms with Crippen LogP contribution in [0.15, 0.2) is 152 Å². The first-order valence-electron chi connectivity index (χ1n) is 15.5. The fourth-order valence-electron chi connectivity index (χ4n) is 7.22. The lowest BCUT2D eigenvalue weighted by molar-refractivity contribution is 1.18. The lowest BCUT2D eigenvalue weighted by Gasteiger charge is -2.16. The van der Waals surface area contributed by atoms with Crippen molar-refractivity contribution in [1.82, 2.24) is 14.5 Å². The molecule has 0 radical (unpaired) electrons. The molecule has 10 aromatic rings. The Balaban J connectivity index is 1.35.